The molecule has 1 aromatic carbocycles. The van der Waals surface area contributed by atoms with Crippen molar-refractivity contribution in [3.63, 3.8) is 0 Å². The quantitative estimate of drug-likeness (QED) is 0.839. The summed E-state index contributed by atoms with van der Waals surface area (Å²) in [7, 11) is 1.91. The van der Waals surface area contributed by atoms with Crippen LogP contribution in [-0.2, 0) is 0 Å². The minimum Gasteiger partial charge on any atom is -0.494 e. The molecule has 1 aromatic rings. The van der Waals surface area contributed by atoms with Gasteiger partial charge in [0.15, 0.2) is 0 Å². The number of hydrogen-bond donors (Lipinski definition) is 2. The predicted molar refractivity (Wildman–Crippen MR) is 79.4 cm³/mol. The van der Waals surface area contributed by atoms with Gasteiger partial charge in [0, 0.05) is 18.0 Å². The summed E-state index contributed by atoms with van der Waals surface area (Å²) in [4.78, 5) is 0. The van der Waals surface area contributed by atoms with Crippen molar-refractivity contribution in [2.75, 3.05) is 20.3 Å². The lowest BCUT2D eigenvalue weighted by atomic mass is 9.81. The second-order valence-electron chi connectivity index (χ2n) is 5.43. The Morgan fingerprint density at radius 3 is 2.90 bits per heavy atom. The molecule has 0 aromatic heterocycles. The fraction of sp³-hybridized carbons (Fsp3) is 0.625. The van der Waals surface area contributed by atoms with Gasteiger partial charge in [-0.15, -0.1) is 0 Å². The fourth-order valence-electron chi connectivity index (χ4n) is 2.85. The van der Waals surface area contributed by atoms with E-state index in [1.165, 1.54) is 0 Å². The zero-order valence-corrected chi connectivity index (χ0v) is 12.4. The van der Waals surface area contributed by atoms with Crippen molar-refractivity contribution >= 4 is 0 Å². The topological polar surface area (TPSA) is 50.7 Å². The van der Waals surface area contributed by atoms with Crippen molar-refractivity contribution in [1.82, 2.24) is 5.32 Å². The Kier molecular flexibility index (Phi) is 5.26. The minimum atomic E-state index is -0.194. The van der Waals surface area contributed by atoms with E-state index in [1.54, 1.807) is 0 Å². The monoisotopic (exact) mass is 279 g/mol. The van der Waals surface area contributed by atoms with Gasteiger partial charge in [-0.05, 0) is 45.4 Å². The average Bonchev–Trinajstić information content (AvgIpc) is 2.48. The van der Waals surface area contributed by atoms with Gasteiger partial charge in [0.1, 0.15) is 17.6 Å². The molecular weight excluding hydrogens is 254 g/mol. The summed E-state index contributed by atoms with van der Waals surface area (Å²) in [5.74, 6) is 1.67. The van der Waals surface area contributed by atoms with E-state index < -0.39 is 0 Å². The smallest absolute Gasteiger partial charge is 0.123 e. The highest BCUT2D eigenvalue weighted by molar-refractivity contribution is 5.33. The summed E-state index contributed by atoms with van der Waals surface area (Å²) in [6.07, 6.45) is 4.07. The summed E-state index contributed by atoms with van der Waals surface area (Å²) in [5, 5.41) is 12.9. The van der Waals surface area contributed by atoms with Gasteiger partial charge < -0.3 is 19.9 Å². The number of benzene rings is 1. The van der Waals surface area contributed by atoms with E-state index in [1.807, 2.05) is 38.2 Å². The van der Waals surface area contributed by atoms with Gasteiger partial charge >= 0.3 is 0 Å². The van der Waals surface area contributed by atoms with Crippen LogP contribution >= 0.6 is 0 Å². The maximum atomic E-state index is 9.60. The lowest BCUT2D eigenvalue weighted by molar-refractivity contribution is 0.0553. The van der Waals surface area contributed by atoms with Crippen LogP contribution in [0.4, 0.5) is 0 Å². The second-order valence-corrected chi connectivity index (χ2v) is 5.43. The van der Waals surface area contributed by atoms with Crippen LogP contribution in [0.25, 0.3) is 0 Å². The molecule has 2 rings (SSSR count). The Morgan fingerprint density at radius 1 is 1.40 bits per heavy atom. The van der Waals surface area contributed by atoms with Crippen LogP contribution in [0.1, 0.15) is 32.6 Å². The van der Waals surface area contributed by atoms with Crippen LogP contribution < -0.4 is 14.8 Å². The first-order valence-corrected chi connectivity index (χ1v) is 7.40. The van der Waals surface area contributed by atoms with E-state index in [-0.39, 0.29) is 18.2 Å². The Hall–Kier alpha value is -1.26. The highest BCUT2D eigenvalue weighted by Gasteiger charge is 2.35. The van der Waals surface area contributed by atoms with Crippen molar-refractivity contribution in [3.05, 3.63) is 24.3 Å². The van der Waals surface area contributed by atoms with Crippen molar-refractivity contribution in [3.8, 4) is 11.5 Å². The lowest BCUT2D eigenvalue weighted by Gasteiger charge is -2.39. The summed E-state index contributed by atoms with van der Waals surface area (Å²) in [5.41, 5.74) is -0.194. The molecule has 2 N–H and O–H groups in total. The van der Waals surface area contributed by atoms with Crippen LogP contribution in [0.2, 0.25) is 0 Å². The molecular formula is C16H25NO3. The molecule has 1 aliphatic rings. The summed E-state index contributed by atoms with van der Waals surface area (Å²) < 4.78 is 11.6. The third-order valence-corrected chi connectivity index (χ3v) is 4.05. The molecule has 1 aliphatic carbocycles. The van der Waals surface area contributed by atoms with Crippen molar-refractivity contribution in [1.29, 1.82) is 0 Å². The zero-order valence-electron chi connectivity index (χ0n) is 12.4. The Morgan fingerprint density at radius 2 is 2.20 bits per heavy atom. The largest absolute Gasteiger partial charge is 0.494 e. The van der Waals surface area contributed by atoms with E-state index in [0.29, 0.717) is 6.61 Å². The average molecular weight is 279 g/mol. The van der Waals surface area contributed by atoms with Crippen LogP contribution in [0, 0.1) is 0 Å². The summed E-state index contributed by atoms with van der Waals surface area (Å²) in [6.45, 7) is 2.78. The molecule has 0 saturated heterocycles. The van der Waals surface area contributed by atoms with Gasteiger partial charge in [0.2, 0.25) is 0 Å². The Balaban J connectivity index is 2.00. The normalized spacial score (nSPS) is 26.2. The molecule has 0 heterocycles. The third kappa shape index (κ3) is 3.64. The highest BCUT2D eigenvalue weighted by atomic mass is 16.5. The van der Waals surface area contributed by atoms with Gasteiger partial charge in [-0.25, -0.2) is 0 Å². The predicted octanol–water partition coefficient (Wildman–Crippen LogP) is 2.36. The first-order valence-electron chi connectivity index (χ1n) is 7.40. The molecule has 4 nitrogen and oxygen atoms in total. The van der Waals surface area contributed by atoms with Crippen LogP contribution in [0.5, 0.6) is 11.5 Å². The van der Waals surface area contributed by atoms with Crippen molar-refractivity contribution in [2.24, 2.45) is 0 Å². The van der Waals surface area contributed by atoms with Crippen molar-refractivity contribution in [2.45, 2.75) is 44.2 Å². The lowest BCUT2D eigenvalue weighted by Crippen LogP contribution is -2.52. The number of ether oxygens (including phenoxy) is 2. The van der Waals surface area contributed by atoms with E-state index in [2.05, 4.69) is 5.32 Å². The third-order valence-electron chi connectivity index (χ3n) is 4.05. The standard InChI is InChI=1S/C16H25NO3/c1-3-19-13-6-4-7-14(10-13)20-15-8-5-9-16(11-15,12-18)17-2/h4,6-7,10,15,17-18H,3,5,8-9,11-12H2,1-2H3. The molecule has 2 atom stereocenters. The Bertz CT molecular complexity index is 418. The van der Waals surface area contributed by atoms with Gasteiger partial charge in [-0.1, -0.05) is 6.07 Å². The molecule has 1 fully saturated rings. The van der Waals surface area contributed by atoms with E-state index in [0.717, 1.165) is 37.2 Å². The maximum absolute atomic E-state index is 9.60. The van der Waals surface area contributed by atoms with Gasteiger partial charge in [0.05, 0.1) is 13.2 Å². The van der Waals surface area contributed by atoms with Gasteiger partial charge in [-0.2, -0.15) is 0 Å². The molecule has 0 spiro atoms. The van der Waals surface area contributed by atoms with E-state index >= 15 is 0 Å². The maximum Gasteiger partial charge on any atom is 0.123 e. The minimum absolute atomic E-state index is 0.139. The number of likely N-dealkylation sites (N-methyl/N-ethyl adjacent to an activating group) is 1. The number of rotatable bonds is 6. The molecule has 1 saturated carbocycles. The molecule has 0 radical (unpaired) electrons. The van der Waals surface area contributed by atoms with Crippen LogP contribution in [-0.4, -0.2) is 37.0 Å². The molecule has 4 heteroatoms. The van der Waals surface area contributed by atoms with Crippen LogP contribution in [0.3, 0.4) is 0 Å². The molecule has 112 valence electrons. The second kappa shape index (κ2) is 6.95. The highest BCUT2D eigenvalue weighted by Crippen LogP contribution is 2.31. The molecule has 0 amide bonds. The number of nitrogens with one attached hydrogen (secondary N) is 1. The van der Waals surface area contributed by atoms with Gasteiger partial charge in [0.25, 0.3) is 0 Å². The molecule has 20 heavy (non-hydrogen) atoms. The Labute approximate surface area is 121 Å². The first kappa shape index (κ1) is 15.1. The number of aliphatic hydroxyl groups excluding tert-OH is 1. The van der Waals surface area contributed by atoms with Crippen molar-refractivity contribution < 1.29 is 14.6 Å². The molecule has 0 aliphatic heterocycles. The summed E-state index contributed by atoms with van der Waals surface area (Å²) >= 11 is 0. The van der Waals surface area contributed by atoms with Crippen LogP contribution in [0.15, 0.2) is 24.3 Å². The van der Waals surface area contributed by atoms with E-state index in [9.17, 15) is 5.11 Å². The van der Waals surface area contributed by atoms with Gasteiger partial charge in [-0.3, -0.25) is 0 Å². The number of aliphatic hydroxyl groups is 1. The molecule has 0 bridgehead atoms. The molecule has 2 unspecified atom stereocenters. The SMILES string of the molecule is CCOc1cccc(OC2CCCC(CO)(NC)C2)c1. The first-order chi connectivity index (χ1) is 9.71. The zero-order chi connectivity index (χ0) is 14.4. The summed E-state index contributed by atoms with van der Waals surface area (Å²) in [6, 6.07) is 7.76. The van der Waals surface area contributed by atoms with E-state index in [4.69, 9.17) is 9.47 Å². The fourth-order valence-corrected chi connectivity index (χ4v) is 2.85. The number of hydrogen-bond acceptors (Lipinski definition) is 4.